The molecule has 0 aliphatic heterocycles. The Bertz CT molecular complexity index is 193. The van der Waals surface area contributed by atoms with Crippen LogP contribution in [0, 0.1) is 0 Å². The van der Waals surface area contributed by atoms with Gasteiger partial charge in [0.15, 0.2) is 0 Å². The second-order valence-electron chi connectivity index (χ2n) is 2.40. The fraction of sp³-hybridized carbons (Fsp3) is 1.00. The second kappa shape index (κ2) is 3.07. The molecule has 0 atom stereocenters. The van der Waals surface area contributed by atoms with E-state index in [0.29, 0.717) is 0 Å². The van der Waals surface area contributed by atoms with Gasteiger partial charge in [0.25, 0.3) is 0 Å². The first kappa shape index (κ1) is 8.30. The molecule has 3 nitrogen and oxygen atoms in total. The average molecular weight is 185 g/mol. The van der Waals surface area contributed by atoms with Crippen molar-refractivity contribution in [1.29, 1.82) is 0 Å². The molecule has 60 valence electrons. The van der Waals surface area contributed by atoms with Gasteiger partial charge < -0.3 is 0 Å². The molecule has 0 aromatic heterocycles. The van der Waals surface area contributed by atoms with Crippen molar-refractivity contribution in [3.63, 3.8) is 0 Å². The van der Waals surface area contributed by atoms with Gasteiger partial charge >= 0.3 is 9.33 Å². The minimum Gasteiger partial charge on any atom is -0.255 e. The first-order valence-corrected chi connectivity index (χ1v) is 5.44. The van der Waals surface area contributed by atoms with Crippen LogP contribution < -0.4 is 0 Å². The molecule has 0 N–H and O–H groups in total. The topological polar surface area (TPSA) is 43.4 Å². The smallest absolute Gasteiger partial charge is 0.255 e. The standard InChI is InChI=1S/C5H9ClO3S/c6-10(7,8)9-5-3-1-2-4-5/h5H,1-4H2. The van der Waals surface area contributed by atoms with Gasteiger partial charge in [0.2, 0.25) is 0 Å². The van der Waals surface area contributed by atoms with Crippen molar-refractivity contribution in [2.24, 2.45) is 0 Å². The summed E-state index contributed by atoms with van der Waals surface area (Å²) in [5.74, 6) is 0. The molecule has 1 aliphatic rings. The van der Waals surface area contributed by atoms with Crippen molar-refractivity contribution in [3.05, 3.63) is 0 Å². The van der Waals surface area contributed by atoms with Crippen molar-refractivity contribution >= 4 is 20.0 Å². The van der Waals surface area contributed by atoms with Gasteiger partial charge in [-0.1, -0.05) is 12.8 Å². The molecule has 10 heavy (non-hydrogen) atoms. The van der Waals surface area contributed by atoms with Crippen LogP contribution in [0.15, 0.2) is 0 Å². The third-order valence-electron chi connectivity index (χ3n) is 1.55. The minimum absolute atomic E-state index is 0.164. The average Bonchev–Trinajstić information content (AvgIpc) is 2.12. The number of hydrogen-bond donors (Lipinski definition) is 0. The van der Waals surface area contributed by atoms with Crippen LogP contribution in [0.3, 0.4) is 0 Å². The summed E-state index contributed by atoms with van der Waals surface area (Å²) in [6.45, 7) is 0. The van der Waals surface area contributed by atoms with Crippen LogP contribution in [0.25, 0.3) is 0 Å². The van der Waals surface area contributed by atoms with Gasteiger partial charge in [0, 0.05) is 10.7 Å². The maximum atomic E-state index is 10.3. The van der Waals surface area contributed by atoms with Crippen LogP contribution >= 0.6 is 10.7 Å². The van der Waals surface area contributed by atoms with E-state index in [9.17, 15) is 8.42 Å². The van der Waals surface area contributed by atoms with Crippen LogP contribution in [0.5, 0.6) is 0 Å². The van der Waals surface area contributed by atoms with E-state index in [0.717, 1.165) is 25.7 Å². The van der Waals surface area contributed by atoms with E-state index in [1.807, 2.05) is 0 Å². The first-order chi connectivity index (χ1) is 4.58. The highest BCUT2D eigenvalue weighted by atomic mass is 35.7. The Hall–Kier alpha value is 0.200. The molecule has 0 saturated heterocycles. The molecule has 1 aliphatic carbocycles. The summed E-state index contributed by atoms with van der Waals surface area (Å²) in [7, 11) is 1.13. The fourth-order valence-electron chi connectivity index (χ4n) is 1.15. The molecule has 0 unspecified atom stereocenters. The zero-order valence-corrected chi connectivity index (χ0v) is 6.99. The fourth-order valence-corrected chi connectivity index (χ4v) is 1.97. The van der Waals surface area contributed by atoms with Gasteiger partial charge in [-0.25, -0.2) is 0 Å². The van der Waals surface area contributed by atoms with E-state index in [1.54, 1.807) is 0 Å². The van der Waals surface area contributed by atoms with E-state index in [4.69, 9.17) is 10.7 Å². The quantitative estimate of drug-likeness (QED) is 0.610. The molecule has 1 rings (SSSR count). The van der Waals surface area contributed by atoms with Crippen LogP contribution in [-0.4, -0.2) is 14.5 Å². The molecule has 5 heteroatoms. The summed E-state index contributed by atoms with van der Waals surface area (Å²) in [6, 6.07) is 0. The molecule has 0 spiro atoms. The zero-order valence-electron chi connectivity index (χ0n) is 5.42. The number of halogens is 1. The predicted octanol–water partition coefficient (Wildman–Crippen LogP) is 1.43. The monoisotopic (exact) mass is 184 g/mol. The van der Waals surface area contributed by atoms with Crippen LogP contribution in [-0.2, 0) is 13.5 Å². The summed E-state index contributed by atoms with van der Waals surface area (Å²) in [4.78, 5) is 0. The van der Waals surface area contributed by atoms with Crippen molar-refractivity contribution in [1.82, 2.24) is 0 Å². The predicted molar refractivity (Wildman–Crippen MR) is 38.1 cm³/mol. The second-order valence-corrected chi connectivity index (χ2v) is 4.51. The Morgan fingerprint density at radius 2 is 1.80 bits per heavy atom. The Balaban J connectivity index is 2.38. The lowest BCUT2D eigenvalue weighted by atomic mass is 10.3. The van der Waals surface area contributed by atoms with Gasteiger partial charge in [0.05, 0.1) is 6.10 Å². The molecule has 0 aromatic rings. The highest BCUT2D eigenvalue weighted by Crippen LogP contribution is 2.23. The van der Waals surface area contributed by atoms with E-state index >= 15 is 0 Å². The van der Waals surface area contributed by atoms with Crippen LogP contribution in [0.4, 0.5) is 0 Å². The summed E-state index contributed by atoms with van der Waals surface area (Å²) in [5, 5.41) is 0. The van der Waals surface area contributed by atoms with Gasteiger partial charge in [-0.05, 0) is 12.8 Å². The Labute approximate surface area is 64.9 Å². The SMILES string of the molecule is O=S(=O)(Cl)OC1CCCC1. The zero-order chi connectivity index (χ0) is 7.61. The molecule has 1 fully saturated rings. The highest BCUT2D eigenvalue weighted by Gasteiger charge is 2.20. The Morgan fingerprint density at radius 3 is 2.20 bits per heavy atom. The minimum atomic E-state index is -3.74. The maximum Gasteiger partial charge on any atom is 0.355 e. The number of rotatable bonds is 2. The Morgan fingerprint density at radius 1 is 1.30 bits per heavy atom. The summed E-state index contributed by atoms with van der Waals surface area (Å²) >= 11 is 0. The summed E-state index contributed by atoms with van der Waals surface area (Å²) < 4.78 is 25.2. The molecular weight excluding hydrogens is 176 g/mol. The summed E-state index contributed by atoms with van der Waals surface area (Å²) in [5.41, 5.74) is 0. The molecule has 0 radical (unpaired) electrons. The molecular formula is C5H9ClO3S. The molecule has 1 saturated carbocycles. The van der Waals surface area contributed by atoms with E-state index in [-0.39, 0.29) is 6.10 Å². The molecule has 0 bridgehead atoms. The molecule has 0 aromatic carbocycles. The summed E-state index contributed by atoms with van der Waals surface area (Å²) in [6.07, 6.45) is 3.54. The lowest BCUT2D eigenvalue weighted by Gasteiger charge is -2.04. The number of hydrogen-bond acceptors (Lipinski definition) is 3. The van der Waals surface area contributed by atoms with Crippen molar-refractivity contribution < 1.29 is 12.6 Å². The van der Waals surface area contributed by atoms with Crippen molar-refractivity contribution in [2.45, 2.75) is 31.8 Å². The third-order valence-corrected chi connectivity index (χ3v) is 2.27. The van der Waals surface area contributed by atoms with Gasteiger partial charge in [-0.15, -0.1) is 0 Å². The van der Waals surface area contributed by atoms with Crippen molar-refractivity contribution in [2.75, 3.05) is 0 Å². The highest BCUT2D eigenvalue weighted by molar-refractivity contribution is 8.10. The van der Waals surface area contributed by atoms with Gasteiger partial charge in [0.1, 0.15) is 0 Å². The van der Waals surface area contributed by atoms with Crippen molar-refractivity contribution in [3.8, 4) is 0 Å². The lowest BCUT2D eigenvalue weighted by molar-refractivity contribution is 0.224. The molecule has 0 heterocycles. The normalized spacial score (nSPS) is 21.7. The van der Waals surface area contributed by atoms with E-state index in [2.05, 4.69) is 4.18 Å². The van der Waals surface area contributed by atoms with Crippen LogP contribution in [0.2, 0.25) is 0 Å². The molecule has 0 amide bonds. The Kier molecular flexibility index (Phi) is 2.55. The van der Waals surface area contributed by atoms with E-state index < -0.39 is 9.33 Å². The largest absolute Gasteiger partial charge is 0.355 e. The van der Waals surface area contributed by atoms with E-state index in [1.165, 1.54) is 0 Å². The first-order valence-electron chi connectivity index (χ1n) is 3.21. The van der Waals surface area contributed by atoms with Gasteiger partial charge in [-0.3, -0.25) is 4.18 Å². The third kappa shape index (κ3) is 2.86. The maximum absolute atomic E-state index is 10.3. The lowest BCUT2D eigenvalue weighted by Crippen LogP contribution is -2.09. The van der Waals surface area contributed by atoms with Crippen LogP contribution in [0.1, 0.15) is 25.7 Å². The van der Waals surface area contributed by atoms with Gasteiger partial charge in [-0.2, -0.15) is 8.42 Å².